The highest BCUT2D eigenvalue weighted by atomic mass is 16.6. The highest BCUT2D eigenvalue weighted by Gasteiger charge is 2.25. The quantitative estimate of drug-likeness (QED) is 0.491. The SMILES string of the molecule is O=C1OC(c2ccccc2)=NC1=Cc1cc2ccccc2nc1N1CCCCC1. The molecule has 0 amide bonds. The number of aliphatic imine (C=N–C) groups is 1. The van der Waals surface area contributed by atoms with Crippen molar-refractivity contribution in [1.29, 1.82) is 0 Å². The number of rotatable bonds is 3. The van der Waals surface area contributed by atoms with Crippen LogP contribution in [0.4, 0.5) is 5.82 Å². The number of carbonyl (C=O) groups is 1. The molecule has 0 radical (unpaired) electrons. The Hall–Kier alpha value is -3.47. The number of fused-ring (bicyclic) bond motifs is 1. The van der Waals surface area contributed by atoms with Gasteiger partial charge in [0.15, 0.2) is 5.70 Å². The van der Waals surface area contributed by atoms with E-state index in [9.17, 15) is 4.79 Å². The molecule has 0 saturated carbocycles. The predicted octanol–water partition coefficient (Wildman–Crippen LogP) is 4.57. The number of ether oxygens (including phenoxy) is 1. The number of cyclic esters (lactones) is 1. The van der Waals surface area contributed by atoms with E-state index in [-0.39, 0.29) is 0 Å². The number of nitrogens with zero attached hydrogens (tertiary/aromatic N) is 3. The Bertz CT molecular complexity index is 1130. The summed E-state index contributed by atoms with van der Waals surface area (Å²) in [6.45, 7) is 1.95. The van der Waals surface area contributed by atoms with E-state index in [1.165, 1.54) is 6.42 Å². The molecular weight excluding hydrogens is 362 g/mol. The highest BCUT2D eigenvalue weighted by molar-refractivity contribution is 6.13. The molecule has 3 aromatic rings. The molecule has 0 atom stereocenters. The van der Waals surface area contributed by atoms with Crippen molar-refractivity contribution in [2.45, 2.75) is 19.3 Å². The molecule has 5 rings (SSSR count). The smallest absolute Gasteiger partial charge is 0.363 e. The molecule has 0 unspecified atom stereocenters. The van der Waals surface area contributed by atoms with Crippen LogP contribution in [0.2, 0.25) is 0 Å². The number of hydrogen-bond acceptors (Lipinski definition) is 5. The van der Waals surface area contributed by atoms with Crippen LogP contribution in [-0.2, 0) is 9.53 Å². The molecule has 2 aliphatic heterocycles. The lowest BCUT2D eigenvalue weighted by atomic mass is 10.1. The zero-order valence-electron chi connectivity index (χ0n) is 16.0. The topological polar surface area (TPSA) is 54.8 Å². The summed E-state index contributed by atoms with van der Waals surface area (Å²) in [5.74, 6) is 0.823. The van der Waals surface area contributed by atoms with Gasteiger partial charge in [-0.25, -0.2) is 14.8 Å². The van der Waals surface area contributed by atoms with Crippen LogP contribution in [0, 0.1) is 0 Å². The molecule has 2 aromatic carbocycles. The van der Waals surface area contributed by atoms with Crippen LogP contribution < -0.4 is 4.90 Å². The molecule has 3 heterocycles. The molecule has 5 nitrogen and oxygen atoms in total. The number of pyridine rings is 1. The second-order valence-electron chi connectivity index (χ2n) is 7.34. The fourth-order valence-corrected chi connectivity index (χ4v) is 3.85. The van der Waals surface area contributed by atoms with Gasteiger partial charge in [0.05, 0.1) is 5.52 Å². The average molecular weight is 383 g/mol. The van der Waals surface area contributed by atoms with E-state index in [0.29, 0.717) is 11.6 Å². The van der Waals surface area contributed by atoms with E-state index in [4.69, 9.17) is 9.72 Å². The second-order valence-corrected chi connectivity index (χ2v) is 7.34. The lowest BCUT2D eigenvalue weighted by molar-refractivity contribution is -0.129. The highest BCUT2D eigenvalue weighted by Crippen LogP contribution is 2.29. The Morgan fingerprint density at radius 2 is 1.69 bits per heavy atom. The largest absolute Gasteiger partial charge is 0.402 e. The first kappa shape index (κ1) is 17.6. The number of carbonyl (C=O) groups excluding carboxylic acids is 1. The summed E-state index contributed by atoms with van der Waals surface area (Å²) in [5.41, 5.74) is 2.95. The van der Waals surface area contributed by atoms with E-state index >= 15 is 0 Å². The summed E-state index contributed by atoms with van der Waals surface area (Å²) >= 11 is 0. The van der Waals surface area contributed by atoms with Gasteiger partial charge in [-0.15, -0.1) is 0 Å². The summed E-state index contributed by atoms with van der Waals surface area (Å²) in [6, 6.07) is 19.6. The predicted molar refractivity (Wildman–Crippen MR) is 115 cm³/mol. The maximum atomic E-state index is 12.5. The van der Waals surface area contributed by atoms with Gasteiger partial charge in [0, 0.05) is 29.6 Å². The van der Waals surface area contributed by atoms with Crippen molar-refractivity contribution >= 4 is 34.7 Å². The van der Waals surface area contributed by atoms with Crippen molar-refractivity contribution in [2.75, 3.05) is 18.0 Å². The van der Waals surface area contributed by atoms with Crippen molar-refractivity contribution < 1.29 is 9.53 Å². The van der Waals surface area contributed by atoms with Crippen LogP contribution in [0.25, 0.3) is 17.0 Å². The number of anilines is 1. The van der Waals surface area contributed by atoms with Crippen molar-refractivity contribution in [1.82, 2.24) is 4.98 Å². The lowest BCUT2D eigenvalue weighted by Gasteiger charge is -2.29. The van der Waals surface area contributed by atoms with Crippen LogP contribution in [0.5, 0.6) is 0 Å². The van der Waals surface area contributed by atoms with Gasteiger partial charge in [-0.2, -0.15) is 0 Å². The van der Waals surface area contributed by atoms with Gasteiger partial charge >= 0.3 is 5.97 Å². The molecular formula is C24H21N3O2. The number of piperidine rings is 1. The first-order valence-corrected chi connectivity index (χ1v) is 10.0. The van der Waals surface area contributed by atoms with E-state index in [1.54, 1.807) is 0 Å². The second kappa shape index (κ2) is 7.51. The Morgan fingerprint density at radius 1 is 0.931 bits per heavy atom. The Morgan fingerprint density at radius 3 is 2.52 bits per heavy atom. The minimum atomic E-state index is -0.429. The summed E-state index contributed by atoms with van der Waals surface area (Å²) in [6.07, 6.45) is 5.37. The lowest BCUT2D eigenvalue weighted by Crippen LogP contribution is -2.30. The minimum Gasteiger partial charge on any atom is -0.402 e. The van der Waals surface area contributed by atoms with Crippen LogP contribution >= 0.6 is 0 Å². The van der Waals surface area contributed by atoms with E-state index in [1.807, 2.05) is 60.7 Å². The van der Waals surface area contributed by atoms with E-state index < -0.39 is 5.97 Å². The number of benzene rings is 2. The summed E-state index contributed by atoms with van der Waals surface area (Å²) < 4.78 is 5.41. The standard InChI is InChI=1S/C24H21N3O2/c28-24-21(26-23(29-24)17-9-3-1-4-10-17)16-19-15-18-11-5-6-12-20(18)25-22(19)27-13-7-2-8-14-27/h1,3-6,9-12,15-16H,2,7-8,13-14H2. The fourth-order valence-electron chi connectivity index (χ4n) is 3.85. The minimum absolute atomic E-state index is 0.305. The third-order valence-electron chi connectivity index (χ3n) is 5.32. The van der Waals surface area contributed by atoms with Crippen molar-refractivity contribution in [2.24, 2.45) is 4.99 Å². The Balaban J connectivity index is 1.60. The van der Waals surface area contributed by atoms with Gasteiger partial charge in [-0.1, -0.05) is 36.4 Å². The molecule has 144 valence electrons. The number of esters is 1. The van der Waals surface area contributed by atoms with Crippen molar-refractivity contribution in [3.05, 3.63) is 77.5 Å². The van der Waals surface area contributed by atoms with Crippen LogP contribution in [0.1, 0.15) is 30.4 Å². The third-order valence-corrected chi connectivity index (χ3v) is 5.32. The number of hydrogen-bond donors (Lipinski definition) is 0. The van der Waals surface area contributed by atoms with Gasteiger partial charge in [0.25, 0.3) is 0 Å². The summed E-state index contributed by atoms with van der Waals surface area (Å²) in [7, 11) is 0. The van der Waals surface area contributed by atoms with Crippen molar-refractivity contribution in [3.8, 4) is 0 Å². The fraction of sp³-hybridized carbons (Fsp3) is 0.208. The number of aromatic nitrogens is 1. The molecule has 29 heavy (non-hydrogen) atoms. The molecule has 1 aromatic heterocycles. The molecule has 0 bridgehead atoms. The molecule has 5 heteroatoms. The molecule has 1 fully saturated rings. The van der Waals surface area contributed by atoms with Gasteiger partial charge in [0.1, 0.15) is 5.82 Å². The van der Waals surface area contributed by atoms with Crippen molar-refractivity contribution in [3.63, 3.8) is 0 Å². The number of para-hydroxylation sites is 1. The molecule has 0 aliphatic carbocycles. The molecule has 1 saturated heterocycles. The molecule has 0 spiro atoms. The first-order chi connectivity index (χ1) is 14.3. The van der Waals surface area contributed by atoms with Crippen LogP contribution in [-0.4, -0.2) is 29.9 Å². The van der Waals surface area contributed by atoms with Crippen LogP contribution in [0.3, 0.4) is 0 Å². The normalized spacial score (nSPS) is 18.2. The zero-order valence-corrected chi connectivity index (χ0v) is 16.0. The van der Waals surface area contributed by atoms with Crippen LogP contribution in [0.15, 0.2) is 71.4 Å². The molecule has 0 N–H and O–H groups in total. The first-order valence-electron chi connectivity index (χ1n) is 10.0. The summed E-state index contributed by atoms with van der Waals surface area (Å²) in [4.78, 5) is 24.2. The summed E-state index contributed by atoms with van der Waals surface area (Å²) in [5, 5.41) is 1.04. The monoisotopic (exact) mass is 383 g/mol. The maximum Gasteiger partial charge on any atom is 0.363 e. The van der Waals surface area contributed by atoms with Gasteiger partial charge in [0.2, 0.25) is 5.90 Å². The zero-order chi connectivity index (χ0) is 19.6. The third kappa shape index (κ3) is 3.51. The maximum absolute atomic E-state index is 12.5. The van der Waals surface area contributed by atoms with E-state index in [0.717, 1.165) is 53.8 Å². The van der Waals surface area contributed by atoms with E-state index in [2.05, 4.69) is 16.0 Å². The molecule has 2 aliphatic rings. The Kier molecular flexibility index (Phi) is 4.56. The van der Waals surface area contributed by atoms with Gasteiger partial charge in [-0.05, 0) is 49.6 Å². The Labute approximate surface area is 169 Å². The average Bonchev–Trinajstić information content (AvgIpc) is 3.15. The van der Waals surface area contributed by atoms with Gasteiger partial charge < -0.3 is 9.64 Å². The van der Waals surface area contributed by atoms with Gasteiger partial charge in [-0.3, -0.25) is 0 Å².